The van der Waals surface area contributed by atoms with Gasteiger partial charge in [-0.15, -0.1) is 0 Å². The Morgan fingerprint density at radius 1 is 1.09 bits per heavy atom. The summed E-state index contributed by atoms with van der Waals surface area (Å²) in [6, 6.07) is 22.9. The fourth-order valence-corrected chi connectivity index (χ4v) is 4.96. The summed E-state index contributed by atoms with van der Waals surface area (Å²) >= 11 is 4.89. The molecule has 3 aromatic rings. The number of benzene rings is 3. The van der Waals surface area contributed by atoms with Crippen LogP contribution in [-0.4, -0.2) is 25.5 Å². The predicted molar refractivity (Wildman–Crippen MR) is 132 cm³/mol. The van der Waals surface area contributed by atoms with Crippen LogP contribution in [0.3, 0.4) is 0 Å². The van der Waals surface area contributed by atoms with Gasteiger partial charge in [0.05, 0.1) is 22.2 Å². The normalized spacial score (nSPS) is 14.2. The Hall–Kier alpha value is -3.03. The molecule has 0 unspecified atom stereocenters. The summed E-state index contributed by atoms with van der Waals surface area (Å²) in [7, 11) is 1.61. The molecule has 1 N–H and O–H groups in total. The standard InChI is InChI=1S/C25H21BrN2O3S/c1-31-21-12-11-18(13-19(21)26)14-23-25(30)28(20-9-5-6-10-22(20)32-23)16-24(29)27-15-17-7-3-2-4-8-17/h2-14H,15-16H2,1H3,(H,27,29)/b23-14+. The SMILES string of the molecule is COc1ccc(/C=C2/Sc3ccccc3N(CC(=O)NCc3ccccc3)C2=O)cc1Br. The lowest BCUT2D eigenvalue weighted by Crippen LogP contribution is -2.42. The van der Waals surface area contributed by atoms with Gasteiger partial charge in [-0.1, -0.05) is 60.3 Å². The predicted octanol–water partition coefficient (Wildman–Crippen LogP) is 5.25. The van der Waals surface area contributed by atoms with Crippen LogP contribution in [0.5, 0.6) is 5.75 Å². The number of amides is 2. The molecule has 0 spiro atoms. The van der Waals surface area contributed by atoms with Crippen LogP contribution < -0.4 is 15.0 Å². The topological polar surface area (TPSA) is 58.6 Å². The van der Waals surface area contributed by atoms with E-state index < -0.39 is 0 Å². The molecule has 0 saturated carbocycles. The van der Waals surface area contributed by atoms with Crippen molar-refractivity contribution in [2.45, 2.75) is 11.4 Å². The Morgan fingerprint density at radius 2 is 1.84 bits per heavy atom. The number of methoxy groups -OCH3 is 1. The van der Waals surface area contributed by atoms with E-state index in [9.17, 15) is 9.59 Å². The lowest BCUT2D eigenvalue weighted by Gasteiger charge is -2.29. The van der Waals surface area contributed by atoms with Crippen molar-refractivity contribution < 1.29 is 14.3 Å². The smallest absolute Gasteiger partial charge is 0.265 e. The number of carbonyl (C=O) groups excluding carboxylic acids is 2. The molecule has 0 aliphatic carbocycles. The van der Waals surface area contributed by atoms with E-state index in [1.54, 1.807) is 7.11 Å². The molecule has 7 heteroatoms. The molecule has 0 bridgehead atoms. The van der Waals surface area contributed by atoms with E-state index in [0.29, 0.717) is 11.4 Å². The minimum Gasteiger partial charge on any atom is -0.496 e. The van der Waals surface area contributed by atoms with E-state index >= 15 is 0 Å². The van der Waals surface area contributed by atoms with Crippen molar-refractivity contribution in [2.24, 2.45) is 0 Å². The molecule has 32 heavy (non-hydrogen) atoms. The summed E-state index contributed by atoms with van der Waals surface area (Å²) in [5.41, 5.74) is 2.61. The van der Waals surface area contributed by atoms with Gasteiger partial charge in [-0.25, -0.2) is 0 Å². The lowest BCUT2D eigenvalue weighted by molar-refractivity contribution is -0.122. The quantitative estimate of drug-likeness (QED) is 0.461. The number of thioether (sulfide) groups is 1. The largest absolute Gasteiger partial charge is 0.496 e. The van der Waals surface area contributed by atoms with Gasteiger partial charge in [0.1, 0.15) is 12.3 Å². The van der Waals surface area contributed by atoms with Crippen LogP contribution in [0.4, 0.5) is 5.69 Å². The molecule has 5 nitrogen and oxygen atoms in total. The summed E-state index contributed by atoms with van der Waals surface area (Å²) in [5.74, 6) is 0.308. The number of fused-ring (bicyclic) bond motifs is 1. The average Bonchev–Trinajstić information content (AvgIpc) is 2.81. The maximum absolute atomic E-state index is 13.3. The molecule has 0 fully saturated rings. The van der Waals surface area contributed by atoms with Crippen LogP contribution in [0.25, 0.3) is 6.08 Å². The maximum Gasteiger partial charge on any atom is 0.265 e. The first kappa shape index (κ1) is 22.2. The highest BCUT2D eigenvalue weighted by atomic mass is 79.9. The summed E-state index contributed by atoms with van der Waals surface area (Å²) in [6.45, 7) is 0.369. The fourth-order valence-electron chi connectivity index (χ4n) is 3.34. The van der Waals surface area contributed by atoms with E-state index in [4.69, 9.17) is 4.74 Å². The van der Waals surface area contributed by atoms with Crippen molar-refractivity contribution in [1.29, 1.82) is 0 Å². The number of halogens is 1. The molecule has 0 radical (unpaired) electrons. The number of nitrogens with one attached hydrogen (secondary N) is 1. The van der Waals surface area contributed by atoms with E-state index in [2.05, 4.69) is 21.2 Å². The van der Waals surface area contributed by atoms with Crippen molar-refractivity contribution in [1.82, 2.24) is 5.32 Å². The van der Waals surface area contributed by atoms with Crippen LogP contribution in [-0.2, 0) is 16.1 Å². The average molecular weight is 509 g/mol. The van der Waals surface area contributed by atoms with E-state index in [-0.39, 0.29) is 18.4 Å². The monoisotopic (exact) mass is 508 g/mol. The van der Waals surface area contributed by atoms with Crippen molar-refractivity contribution in [2.75, 3.05) is 18.6 Å². The first-order valence-corrected chi connectivity index (χ1v) is 11.6. The van der Waals surface area contributed by atoms with Gasteiger partial charge in [0.2, 0.25) is 5.91 Å². The first-order chi connectivity index (χ1) is 15.5. The van der Waals surface area contributed by atoms with Gasteiger partial charge in [-0.3, -0.25) is 14.5 Å². The molecular formula is C25H21BrN2O3S. The summed E-state index contributed by atoms with van der Waals surface area (Å²) in [5, 5.41) is 2.90. The van der Waals surface area contributed by atoms with Gasteiger partial charge in [0, 0.05) is 11.4 Å². The lowest BCUT2D eigenvalue weighted by atomic mass is 10.2. The number of anilines is 1. The Kier molecular flexibility index (Phi) is 6.97. The van der Waals surface area contributed by atoms with E-state index in [1.807, 2.05) is 78.9 Å². The second-order valence-corrected chi connectivity index (χ2v) is 9.06. The summed E-state index contributed by atoms with van der Waals surface area (Å²) in [6.07, 6.45) is 1.84. The number of hydrogen-bond donors (Lipinski definition) is 1. The van der Waals surface area contributed by atoms with Crippen LogP contribution >= 0.6 is 27.7 Å². The number of para-hydroxylation sites is 1. The number of ether oxygens (including phenoxy) is 1. The molecule has 162 valence electrons. The molecule has 2 amide bonds. The third-order valence-electron chi connectivity index (χ3n) is 4.94. The maximum atomic E-state index is 13.3. The third kappa shape index (κ3) is 5.06. The highest BCUT2D eigenvalue weighted by Crippen LogP contribution is 2.42. The number of hydrogen-bond acceptors (Lipinski definition) is 4. The molecule has 1 aliphatic rings. The zero-order chi connectivity index (χ0) is 22.5. The Morgan fingerprint density at radius 3 is 2.59 bits per heavy atom. The minimum absolute atomic E-state index is 0.0487. The summed E-state index contributed by atoms with van der Waals surface area (Å²) in [4.78, 5) is 29.0. The second-order valence-electron chi connectivity index (χ2n) is 7.13. The molecule has 0 saturated heterocycles. The molecule has 1 heterocycles. The third-order valence-corrected chi connectivity index (χ3v) is 6.64. The van der Waals surface area contributed by atoms with Gasteiger partial charge in [0.15, 0.2) is 0 Å². The highest BCUT2D eigenvalue weighted by Gasteiger charge is 2.30. The van der Waals surface area contributed by atoms with Gasteiger partial charge in [0.25, 0.3) is 5.91 Å². The van der Waals surface area contributed by atoms with Gasteiger partial charge in [-0.05, 0) is 57.4 Å². The molecule has 0 aromatic heterocycles. The van der Waals surface area contributed by atoms with Crippen LogP contribution in [0.15, 0.2) is 87.1 Å². The van der Waals surface area contributed by atoms with E-state index in [0.717, 1.165) is 31.9 Å². The number of rotatable bonds is 6. The van der Waals surface area contributed by atoms with Crippen LogP contribution in [0.1, 0.15) is 11.1 Å². The zero-order valence-corrected chi connectivity index (χ0v) is 19.8. The first-order valence-electron chi connectivity index (χ1n) is 10.00. The molecule has 0 atom stereocenters. The minimum atomic E-state index is -0.213. The Bertz CT molecular complexity index is 1180. The fraction of sp³-hybridized carbons (Fsp3) is 0.120. The van der Waals surface area contributed by atoms with Crippen molar-refractivity contribution in [3.8, 4) is 5.75 Å². The van der Waals surface area contributed by atoms with Gasteiger partial charge >= 0.3 is 0 Å². The molecule has 3 aromatic carbocycles. The van der Waals surface area contributed by atoms with Crippen molar-refractivity contribution >= 4 is 51.3 Å². The van der Waals surface area contributed by atoms with Crippen LogP contribution in [0, 0.1) is 0 Å². The van der Waals surface area contributed by atoms with Crippen molar-refractivity contribution in [3.05, 3.63) is 93.3 Å². The summed E-state index contributed by atoms with van der Waals surface area (Å²) < 4.78 is 6.09. The Labute approximate surface area is 199 Å². The molecular weight excluding hydrogens is 488 g/mol. The highest BCUT2D eigenvalue weighted by molar-refractivity contribution is 9.10. The van der Waals surface area contributed by atoms with Gasteiger partial charge < -0.3 is 10.1 Å². The van der Waals surface area contributed by atoms with Crippen molar-refractivity contribution in [3.63, 3.8) is 0 Å². The van der Waals surface area contributed by atoms with Gasteiger partial charge in [-0.2, -0.15) is 0 Å². The van der Waals surface area contributed by atoms with E-state index in [1.165, 1.54) is 16.7 Å². The number of nitrogens with zero attached hydrogens (tertiary/aromatic N) is 1. The molecule has 4 rings (SSSR count). The second kappa shape index (κ2) is 10.1. The zero-order valence-electron chi connectivity index (χ0n) is 17.4. The Balaban J connectivity index is 1.56. The molecule has 1 aliphatic heterocycles. The number of carbonyl (C=O) groups is 2. The van der Waals surface area contributed by atoms with Crippen LogP contribution in [0.2, 0.25) is 0 Å².